The number of benzene rings is 6. The van der Waals surface area contributed by atoms with Crippen molar-refractivity contribution in [1.82, 2.24) is 0 Å². The quantitative estimate of drug-likeness (QED) is 0.0569. The van der Waals surface area contributed by atoms with Crippen molar-refractivity contribution in [2.45, 2.75) is 21.1 Å². The molecular formula is C38H24N7Na3O11S3. The number of hydrazone groups is 1. The third kappa shape index (κ3) is 11.6. The third-order valence-corrected chi connectivity index (χ3v) is 11.3. The van der Waals surface area contributed by atoms with E-state index in [4.69, 9.17) is 5.73 Å². The fourth-order valence-corrected chi connectivity index (χ4v) is 7.54. The summed E-state index contributed by atoms with van der Waals surface area (Å²) in [6.45, 7) is 0. The molecule has 1 aliphatic carbocycles. The molecule has 62 heavy (non-hydrogen) atoms. The van der Waals surface area contributed by atoms with Gasteiger partial charge in [-0.3, -0.25) is 15.0 Å². The van der Waals surface area contributed by atoms with Crippen molar-refractivity contribution in [1.29, 1.82) is 0 Å². The predicted molar refractivity (Wildman–Crippen MR) is 210 cm³/mol. The Morgan fingerprint density at radius 3 is 1.61 bits per heavy atom. The van der Waals surface area contributed by atoms with Crippen LogP contribution in [0.25, 0.3) is 27.6 Å². The molecule has 0 fully saturated rings. The Morgan fingerprint density at radius 2 is 1.05 bits per heavy atom. The standard InChI is InChI=1S/C38H27N7O11S3.3Na/c39-37(47)17-21-1-4-23(5-2-21)40-41-34-14-12-32(28-10-7-25(19-30(28)34)58(51,52)53)42-43-33-13-15-35(31-20-26(59(54,55)56)8-11-29(31)33)44-45-38-27-9-6-24(57(48,49)50)18-22(27)3-16-36(38)46;;;/h1-16,18-20,44H,17H2,(H2,39,47)(H,48,49,50)(H,51,52,53)(H,54,55,56);;;/q;3*+1/p-3/b41-40?,43-42?,45-38+;;;. The van der Waals surface area contributed by atoms with Crippen LogP contribution in [0.15, 0.2) is 149 Å². The Morgan fingerprint density at radius 1 is 0.565 bits per heavy atom. The number of anilines is 1. The van der Waals surface area contributed by atoms with E-state index in [9.17, 15) is 48.5 Å². The van der Waals surface area contributed by atoms with Gasteiger partial charge in [0.2, 0.25) is 11.7 Å². The minimum Gasteiger partial charge on any atom is -0.744 e. The van der Waals surface area contributed by atoms with E-state index in [1.54, 1.807) is 24.3 Å². The number of rotatable bonds is 11. The zero-order valence-corrected chi connectivity index (χ0v) is 41.2. The number of nitrogens with one attached hydrogen (secondary N) is 1. The molecule has 6 aromatic carbocycles. The molecule has 0 radical (unpaired) electrons. The molecule has 0 atom stereocenters. The van der Waals surface area contributed by atoms with E-state index in [0.717, 1.165) is 42.5 Å². The molecule has 6 aromatic rings. The average Bonchev–Trinajstić information content (AvgIpc) is 3.18. The number of nitrogens with zero attached hydrogens (tertiary/aromatic N) is 5. The summed E-state index contributed by atoms with van der Waals surface area (Å²) >= 11 is 0. The smallest absolute Gasteiger partial charge is 0.744 e. The van der Waals surface area contributed by atoms with Crippen LogP contribution in [0.5, 0.6) is 0 Å². The summed E-state index contributed by atoms with van der Waals surface area (Å²) in [5.74, 6) is -1.08. The number of carbonyl (C=O) groups excluding carboxylic acids is 2. The van der Waals surface area contributed by atoms with Gasteiger partial charge in [0.05, 0.1) is 49.5 Å². The SMILES string of the molecule is NC(=O)Cc1ccc(N=Nc2ccc(N=Nc3ccc(N/N=C4/C(=O)C=Cc5cc(S(=O)(=O)[O-])ccc54)c4cc(S(=O)(=O)[O-])ccc34)c3ccc(S(=O)(=O)[O-])cc23)cc1.[Na+].[Na+].[Na+]. The number of nitrogens with two attached hydrogens (primary N) is 1. The summed E-state index contributed by atoms with van der Waals surface area (Å²) < 4.78 is 107. The summed E-state index contributed by atoms with van der Waals surface area (Å²) in [6.07, 6.45) is 2.48. The molecule has 0 saturated carbocycles. The summed E-state index contributed by atoms with van der Waals surface area (Å²) in [5, 5.41) is 22.2. The van der Waals surface area contributed by atoms with Gasteiger partial charge in [0.1, 0.15) is 36.1 Å². The monoisotopic (exact) mass is 919 g/mol. The van der Waals surface area contributed by atoms with Crippen molar-refractivity contribution < 1.29 is 137 Å². The van der Waals surface area contributed by atoms with Gasteiger partial charge in [-0.25, -0.2) is 25.3 Å². The van der Waals surface area contributed by atoms with Gasteiger partial charge in [-0.05, 0) is 90.0 Å². The Bertz CT molecular complexity index is 3260. The number of ketones is 1. The van der Waals surface area contributed by atoms with Crippen LogP contribution in [0.1, 0.15) is 16.7 Å². The van der Waals surface area contributed by atoms with E-state index in [1.165, 1.54) is 48.5 Å². The van der Waals surface area contributed by atoms with E-state index in [2.05, 4.69) is 31.0 Å². The number of hydrogen-bond acceptors (Lipinski definition) is 17. The van der Waals surface area contributed by atoms with Crippen molar-refractivity contribution >= 4 is 104 Å². The predicted octanol–water partition coefficient (Wildman–Crippen LogP) is -3.01. The fourth-order valence-electron chi connectivity index (χ4n) is 6.04. The molecule has 0 unspecified atom stereocenters. The number of amides is 1. The van der Waals surface area contributed by atoms with Crippen LogP contribution < -0.4 is 99.8 Å². The van der Waals surface area contributed by atoms with E-state index in [1.807, 2.05) is 0 Å². The first-order valence-electron chi connectivity index (χ1n) is 16.8. The molecule has 0 aliphatic heterocycles. The van der Waals surface area contributed by atoms with Crippen LogP contribution in [0.4, 0.5) is 28.4 Å². The Labute approximate surface area is 420 Å². The van der Waals surface area contributed by atoms with Crippen LogP contribution in [-0.2, 0) is 46.4 Å². The second-order valence-electron chi connectivity index (χ2n) is 12.7. The van der Waals surface area contributed by atoms with Gasteiger partial charge in [0.15, 0.2) is 0 Å². The first-order chi connectivity index (χ1) is 27.8. The second-order valence-corrected chi connectivity index (χ2v) is 16.9. The summed E-state index contributed by atoms with van der Waals surface area (Å²) in [4.78, 5) is 22.4. The number of fused-ring (bicyclic) bond motifs is 3. The van der Waals surface area contributed by atoms with E-state index < -0.39 is 56.7 Å². The molecule has 0 saturated heterocycles. The molecule has 0 aromatic heterocycles. The number of primary amides is 1. The molecule has 0 bridgehead atoms. The van der Waals surface area contributed by atoms with Crippen molar-refractivity contribution in [3.8, 4) is 0 Å². The molecule has 1 amide bonds. The van der Waals surface area contributed by atoms with Crippen LogP contribution in [0, 0.1) is 0 Å². The fraction of sp³-hybridized carbons (Fsp3) is 0.0263. The van der Waals surface area contributed by atoms with Gasteiger partial charge in [0.25, 0.3) is 0 Å². The molecule has 18 nitrogen and oxygen atoms in total. The summed E-state index contributed by atoms with van der Waals surface area (Å²) in [6, 6.07) is 22.8. The van der Waals surface area contributed by atoms with Crippen LogP contribution in [0.2, 0.25) is 0 Å². The van der Waals surface area contributed by atoms with Gasteiger partial charge in [-0.1, -0.05) is 36.4 Å². The Balaban J connectivity index is 0.00000282. The zero-order chi connectivity index (χ0) is 42.3. The van der Waals surface area contributed by atoms with Gasteiger partial charge >= 0.3 is 88.7 Å². The van der Waals surface area contributed by atoms with Crippen LogP contribution in [0.3, 0.4) is 0 Å². The maximum absolute atomic E-state index is 12.9. The van der Waals surface area contributed by atoms with Crippen LogP contribution >= 0.6 is 0 Å². The van der Waals surface area contributed by atoms with Crippen molar-refractivity contribution in [3.63, 3.8) is 0 Å². The van der Waals surface area contributed by atoms with Crippen molar-refractivity contribution in [3.05, 3.63) is 126 Å². The summed E-state index contributed by atoms with van der Waals surface area (Å²) in [5.41, 5.74) is 9.91. The first-order valence-corrected chi connectivity index (χ1v) is 21.0. The number of azo groups is 2. The largest absolute Gasteiger partial charge is 1.00 e. The van der Waals surface area contributed by atoms with Gasteiger partial charge in [-0.15, -0.1) is 15.3 Å². The molecule has 3 N–H and O–H groups in total. The van der Waals surface area contributed by atoms with E-state index in [0.29, 0.717) is 16.6 Å². The number of carbonyl (C=O) groups is 2. The molecule has 0 spiro atoms. The third-order valence-electron chi connectivity index (χ3n) is 8.84. The normalized spacial score (nSPS) is 13.5. The maximum Gasteiger partial charge on any atom is 1.00 e. The number of allylic oxidation sites excluding steroid dienone is 1. The van der Waals surface area contributed by atoms with Crippen molar-refractivity contribution in [2.75, 3.05) is 5.43 Å². The van der Waals surface area contributed by atoms with Gasteiger partial charge in [-0.2, -0.15) is 10.2 Å². The molecule has 7 rings (SSSR count). The molecule has 298 valence electrons. The Hall–Kier alpha value is -3.88. The molecular weight excluding hydrogens is 896 g/mol. The first kappa shape index (κ1) is 50.8. The topological polar surface area (TPSA) is 306 Å². The van der Waals surface area contributed by atoms with E-state index >= 15 is 0 Å². The minimum absolute atomic E-state index is 0. The van der Waals surface area contributed by atoms with Gasteiger partial charge < -0.3 is 19.4 Å². The maximum atomic E-state index is 12.9. The second kappa shape index (κ2) is 20.3. The average molecular weight is 920 g/mol. The van der Waals surface area contributed by atoms with Crippen LogP contribution in [-0.4, -0.2) is 56.3 Å². The van der Waals surface area contributed by atoms with Crippen molar-refractivity contribution in [2.24, 2.45) is 31.3 Å². The van der Waals surface area contributed by atoms with E-state index in [-0.39, 0.29) is 151 Å². The molecule has 1 aliphatic rings. The molecule has 24 heteroatoms. The Kier molecular flexibility index (Phi) is 16.6. The minimum atomic E-state index is -4.96. The molecule has 0 heterocycles. The van der Waals surface area contributed by atoms with Gasteiger partial charge in [0, 0.05) is 27.1 Å². The summed E-state index contributed by atoms with van der Waals surface area (Å²) in [7, 11) is -14.6. The number of hydrogen-bond donors (Lipinski definition) is 2. The zero-order valence-electron chi connectivity index (χ0n) is 32.7.